The SMILES string of the molecule is COC(CNC(=O)c1c(C)[nH]c(/C=C2\C(=O)Nc3ccc(F)cc32)c1C)C(=O)N1CCCC1. The maximum atomic E-state index is 13.7. The summed E-state index contributed by atoms with van der Waals surface area (Å²) >= 11 is 0. The summed E-state index contributed by atoms with van der Waals surface area (Å²) in [6, 6.07) is 4.11. The molecule has 1 aromatic heterocycles. The number of rotatable bonds is 6. The first-order valence-electron chi connectivity index (χ1n) is 10.9. The second-order valence-corrected chi connectivity index (χ2v) is 8.33. The van der Waals surface area contributed by atoms with E-state index in [0.29, 0.717) is 52.4 Å². The predicted molar refractivity (Wildman–Crippen MR) is 122 cm³/mol. The van der Waals surface area contributed by atoms with Crippen LogP contribution in [0, 0.1) is 19.7 Å². The van der Waals surface area contributed by atoms with Crippen LogP contribution in [-0.2, 0) is 14.3 Å². The van der Waals surface area contributed by atoms with Crippen molar-refractivity contribution in [1.29, 1.82) is 0 Å². The summed E-state index contributed by atoms with van der Waals surface area (Å²) in [5.74, 6) is -1.24. The lowest BCUT2D eigenvalue weighted by Crippen LogP contribution is -2.45. The fraction of sp³-hybridized carbons (Fsp3) is 0.375. The van der Waals surface area contributed by atoms with Crippen molar-refractivity contribution in [3.8, 4) is 0 Å². The zero-order valence-electron chi connectivity index (χ0n) is 18.9. The number of amides is 3. The molecule has 1 fully saturated rings. The zero-order chi connectivity index (χ0) is 23.7. The number of nitrogens with zero attached hydrogens (tertiary/aromatic N) is 1. The predicted octanol–water partition coefficient (Wildman–Crippen LogP) is 2.63. The number of nitrogens with one attached hydrogen (secondary N) is 3. The highest BCUT2D eigenvalue weighted by Crippen LogP contribution is 2.34. The van der Waals surface area contributed by atoms with Crippen LogP contribution in [0.1, 0.15) is 45.7 Å². The molecule has 3 amide bonds. The minimum absolute atomic E-state index is 0.0558. The molecule has 0 bridgehead atoms. The summed E-state index contributed by atoms with van der Waals surface area (Å²) in [6.45, 7) is 5.01. The second-order valence-electron chi connectivity index (χ2n) is 8.33. The highest BCUT2D eigenvalue weighted by molar-refractivity contribution is 6.34. The Morgan fingerprint density at radius 1 is 1.27 bits per heavy atom. The van der Waals surface area contributed by atoms with Gasteiger partial charge in [-0.3, -0.25) is 14.4 Å². The maximum absolute atomic E-state index is 13.7. The number of carbonyl (C=O) groups excluding carboxylic acids is 3. The highest BCUT2D eigenvalue weighted by atomic mass is 19.1. The molecule has 0 saturated carbocycles. The Morgan fingerprint density at radius 3 is 2.70 bits per heavy atom. The van der Waals surface area contributed by atoms with Crippen molar-refractivity contribution in [2.45, 2.75) is 32.8 Å². The van der Waals surface area contributed by atoms with E-state index in [-0.39, 0.29) is 24.3 Å². The summed E-state index contributed by atoms with van der Waals surface area (Å²) in [5.41, 5.74) is 3.61. The van der Waals surface area contributed by atoms with Gasteiger partial charge in [0.25, 0.3) is 17.7 Å². The van der Waals surface area contributed by atoms with E-state index in [2.05, 4.69) is 15.6 Å². The summed E-state index contributed by atoms with van der Waals surface area (Å²) < 4.78 is 19.0. The third kappa shape index (κ3) is 4.41. The first kappa shape index (κ1) is 22.7. The van der Waals surface area contributed by atoms with Crippen molar-refractivity contribution in [3.63, 3.8) is 0 Å². The second kappa shape index (κ2) is 9.19. The van der Waals surface area contributed by atoms with Gasteiger partial charge in [0, 0.05) is 42.8 Å². The maximum Gasteiger partial charge on any atom is 0.256 e. The summed E-state index contributed by atoms with van der Waals surface area (Å²) in [7, 11) is 1.45. The molecule has 1 unspecified atom stereocenters. The molecule has 0 aliphatic carbocycles. The van der Waals surface area contributed by atoms with Gasteiger partial charge in [0.2, 0.25) is 0 Å². The standard InChI is InChI=1S/C24H27FN4O4/c1-13-19(11-17-16-10-15(25)6-7-18(16)28-22(17)30)27-14(2)21(13)23(31)26-12-20(33-3)24(32)29-8-4-5-9-29/h6-7,10-11,20,27H,4-5,8-9,12H2,1-3H3,(H,26,31)(H,28,30)/b17-11-. The Morgan fingerprint density at radius 2 is 2.00 bits per heavy atom. The van der Waals surface area contributed by atoms with Crippen molar-refractivity contribution < 1.29 is 23.5 Å². The number of fused-ring (bicyclic) bond motifs is 1. The van der Waals surface area contributed by atoms with E-state index in [4.69, 9.17) is 4.74 Å². The van der Waals surface area contributed by atoms with E-state index in [0.717, 1.165) is 12.8 Å². The lowest BCUT2D eigenvalue weighted by Gasteiger charge is -2.22. The summed E-state index contributed by atoms with van der Waals surface area (Å²) in [5, 5.41) is 5.51. The number of aromatic nitrogens is 1. The van der Waals surface area contributed by atoms with Crippen molar-refractivity contribution in [2.75, 3.05) is 32.1 Å². The van der Waals surface area contributed by atoms with E-state index in [1.165, 1.54) is 25.3 Å². The van der Waals surface area contributed by atoms with E-state index in [1.807, 2.05) is 0 Å². The van der Waals surface area contributed by atoms with Crippen LogP contribution >= 0.6 is 0 Å². The van der Waals surface area contributed by atoms with Gasteiger partial charge in [-0.1, -0.05) is 0 Å². The minimum Gasteiger partial charge on any atom is -0.370 e. The number of H-pyrrole nitrogens is 1. The first-order chi connectivity index (χ1) is 15.8. The summed E-state index contributed by atoms with van der Waals surface area (Å²) in [4.78, 5) is 42.8. The molecule has 3 N–H and O–H groups in total. The number of hydrogen-bond acceptors (Lipinski definition) is 4. The molecule has 33 heavy (non-hydrogen) atoms. The normalized spacial score (nSPS) is 17.3. The van der Waals surface area contributed by atoms with Gasteiger partial charge in [0.15, 0.2) is 6.10 Å². The van der Waals surface area contributed by atoms with Gasteiger partial charge < -0.3 is 25.3 Å². The Balaban J connectivity index is 1.52. The molecule has 174 valence electrons. The molecule has 0 spiro atoms. The van der Waals surface area contributed by atoms with Crippen LogP contribution in [0.2, 0.25) is 0 Å². The average Bonchev–Trinajstić information content (AvgIpc) is 3.48. The minimum atomic E-state index is -0.748. The van der Waals surface area contributed by atoms with Gasteiger partial charge in [0.05, 0.1) is 17.7 Å². The van der Waals surface area contributed by atoms with Crippen LogP contribution in [0.4, 0.5) is 10.1 Å². The number of methoxy groups -OCH3 is 1. The van der Waals surface area contributed by atoms with Gasteiger partial charge >= 0.3 is 0 Å². The van der Waals surface area contributed by atoms with Gasteiger partial charge in [-0.05, 0) is 56.5 Å². The fourth-order valence-electron chi connectivity index (χ4n) is 4.39. The van der Waals surface area contributed by atoms with E-state index in [9.17, 15) is 18.8 Å². The molecule has 2 aliphatic rings. The van der Waals surface area contributed by atoms with Gasteiger partial charge in [-0.2, -0.15) is 0 Å². The zero-order valence-corrected chi connectivity index (χ0v) is 18.9. The molecule has 1 saturated heterocycles. The number of anilines is 1. The van der Waals surface area contributed by atoms with Crippen LogP contribution in [-0.4, -0.2) is 60.5 Å². The van der Waals surface area contributed by atoms with E-state index in [1.54, 1.807) is 24.8 Å². The van der Waals surface area contributed by atoms with E-state index >= 15 is 0 Å². The number of carbonyl (C=O) groups is 3. The lowest BCUT2D eigenvalue weighted by atomic mass is 10.0. The van der Waals surface area contributed by atoms with Crippen molar-refractivity contribution in [2.24, 2.45) is 0 Å². The van der Waals surface area contributed by atoms with Crippen LogP contribution in [0.15, 0.2) is 18.2 Å². The molecule has 1 atom stereocenters. The molecule has 4 rings (SSSR count). The Hall–Kier alpha value is -3.46. The lowest BCUT2D eigenvalue weighted by molar-refractivity contribution is -0.140. The molecule has 2 aliphatic heterocycles. The Bertz CT molecular complexity index is 1150. The number of halogens is 1. The molecule has 1 aromatic carbocycles. The number of aryl methyl sites for hydroxylation is 1. The number of benzene rings is 1. The smallest absolute Gasteiger partial charge is 0.256 e. The van der Waals surface area contributed by atoms with Crippen molar-refractivity contribution in [3.05, 3.63) is 52.1 Å². The molecular weight excluding hydrogens is 427 g/mol. The van der Waals surface area contributed by atoms with E-state index < -0.39 is 11.9 Å². The van der Waals surface area contributed by atoms with Crippen LogP contribution in [0.5, 0.6) is 0 Å². The topological polar surface area (TPSA) is 104 Å². The Labute approximate surface area is 191 Å². The molecule has 9 heteroatoms. The quantitative estimate of drug-likeness (QED) is 0.584. The van der Waals surface area contributed by atoms with Gasteiger partial charge in [-0.25, -0.2) is 4.39 Å². The van der Waals surface area contributed by atoms with Crippen LogP contribution < -0.4 is 10.6 Å². The van der Waals surface area contributed by atoms with Crippen LogP contribution in [0.25, 0.3) is 11.6 Å². The molecular formula is C24H27FN4O4. The van der Waals surface area contributed by atoms with Crippen molar-refractivity contribution in [1.82, 2.24) is 15.2 Å². The fourth-order valence-corrected chi connectivity index (χ4v) is 4.39. The molecule has 3 heterocycles. The molecule has 2 aromatic rings. The third-order valence-corrected chi connectivity index (χ3v) is 6.18. The number of aromatic amines is 1. The summed E-state index contributed by atoms with van der Waals surface area (Å²) in [6.07, 6.45) is 2.82. The third-order valence-electron chi connectivity index (χ3n) is 6.18. The molecule has 0 radical (unpaired) electrons. The molecule has 8 nitrogen and oxygen atoms in total. The number of likely N-dealkylation sites (tertiary alicyclic amines) is 1. The van der Waals surface area contributed by atoms with Gasteiger partial charge in [0.1, 0.15) is 5.82 Å². The van der Waals surface area contributed by atoms with Crippen LogP contribution in [0.3, 0.4) is 0 Å². The number of ether oxygens (including phenoxy) is 1. The van der Waals surface area contributed by atoms with Gasteiger partial charge in [-0.15, -0.1) is 0 Å². The average molecular weight is 455 g/mol. The monoisotopic (exact) mass is 454 g/mol. The Kier molecular flexibility index (Phi) is 6.33. The van der Waals surface area contributed by atoms with Crippen molar-refractivity contribution >= 4 is 35.1 Å². The number of hydrogen-bond donors (Lipinski definition) is 3. The largest absolute Gasteiger partial charge is 0.370 e. The highest BCUT2D eigenvalue weighted by Gasteiger charge is 2.28. The first-order valence-corrected chi connectivity index (χ1v) is 10.9.